The van der Waals surface area contributed by atoms with Gasteiger partial charge in [0.15, 0.2) is 5.69 Å². The summed E-state index contributed by atoms with van der Waals surface area (Å²) in [7, 11) is 2.63. The van der Waals surface area contributed by atoms with Crippen LogP contribution in [0.5, 0.6) is 5.88 Å². The van der Waals surface area contributed by atoms with Crippen LogP contribution in [0.4, 0.5) is 23.7 Å². The molecule has 1 saturated heterocycles. The van der Waals surface area contributed by atoms with Crippen LogP contribution in [0.2, 0.25) is 0 Å². The van der Waals surface area contributed by atoms with E-state index in [2.05, 4.69) is 20.4 Å². The molecule has 132 valence electrons. The van der Waals surface area contributed by atoms with Crippen molar-refractivity contribution in [2.24, 2.45) is 0 Å². The van der Waals surface area contributed by atoms with Gasteiger partial charge >= 0.3 is 12.2 Å². The van der Waals surface area contributed by atoms with Gasteiger partial charge in [0, 0.05) is 19.7 Å². The number of rotatable bonds is 3. The molecule has 1 aromatic rings. The van der Waals surface area contributed by atoms with Gasteiger partial charge in [-0.3, -0.25) is 4.79 Å². The highest BCUT2D eigenvalue weighted by molar-refractivity contribution is 5.94. The largest absolute Gasteiger partial charge is 0.481 e. The lowest BCUT2D eigenvalue weighted by Gasteiger charge is -2.24. The van der Waals surface area contributed by atoms with Crippen molar-refractivity contribution in [2.75, 3.05) is 26.0 Å². The lowest BCUT2D eigenvalue weighted by molar-refractivity contribution is -0.140. The van der Waals surface area contributed by atoms with E-state index >= 15 is 0 Å². The molecular formula is C14H17F3N4O3. The highest BCUT2D eigenvalue weighted by Crippen LogP contribution is 2.35. The number of likely N-dealkylation sites (tertiary alicyclic amines) is 1. The molecule has 2 rings (SSSR count). The minimum absolute atomic E-state index is 0.218. The number of carbonyl (C=O) groups excluding carboxylic acids is 2. The summed E-state index contributed by atoms with van der Waals surface area (Å²) in [4.78, 5) is 28.6. The van der Waals surface area contributed by atoms with Crippen LogP contribution in [0.15, 0.2) is 12.1 Å². The Kier molecular flexibility index (Phi) is 5.15. The lowest BCUT2D eigenvalue weighted by Crippen LogP contribution is -2.46. The molecular weight excluding hydrogens is 329 g/mol. The maximum atomic E-state index is 13.1. The Balaban J connectivity index is 2.24. The van der Waals surface area contributed by atoms with Crippen molar-refractivity contribution < 1.29 is 27.5 Å². The number of ether oxygens (including phenoxy) is 1. The monoisotopic (exact) mass is 346 g/mol. The number of urea groups is 1. The molecule has 0 bridgehead atoms. The van der Waals surface area contributed by atoms with Gasteiger partial charge in [0.25, 0.3) is 0 Å². The number of nitrogens with one attached hydrogen (secondary N) is 2. The average molecular weight is 346 g/mol. The zero-order valence-electron chi connectivity index (χ0n) is 13.1. The number of halogens is 3. The number of likely N-dealkylation sites (N-methyl/N-ethyl adjacent to an activating group) is 1. The molecule has 1 aliphatic heterocycles. The van der Waals surface area contributed by atoms with Gasteiger partial charge in [0.2, 0.25) is 11.8 Å². The molecule has 1 fully saturated rings. The van der Waals surface area contributed by atoms with E-state index in [1.165, 1.54) is 25.1 Å². The standard InChI is InChI=1S/C14H17F3N4O3/c1-18-12(22)9-4-3-7-21(9)13(23)19-8-5-6-10(24-2)20-11(8)14(15,16)17/h5-6,9H,3-4,7H2,1-2H3,(H,18,22)(H,19,23). The Morgan fingerprint density at radius 2 is 2.08 bits per heavy atom. The zero-order valence-corrected chi connectivity index (χ0v) is 13.1. The van der Waals surface area contributed by atoms with E-state index in [0.717, 1.165) is 6.07 Å². The second kappa shape index (κ2) is 6.93. The first-order valence-electron chi connectivity index (χ1n) is 7.19. The molecule has 2 N–H and O–H groups in total. The van der Waals surface area contributed by atoms with Gasteiger partial charge in [-0.1, -0.05) is 0 Å². The highest BCUT2D eigenvalue weighted by Gasteiger charge is 2.38. The average Bonchev–Trinajstić information content (AvgIpc) is 3.03. The number of alkyl halides is 3. The third-order valence-corrected chi connectivity index (χ3v) is 3.65. The number of pyridine rings is 1. The Morgan fingerprint density at radius 1 is 1.38 bits per heavy atom. The number of hydrogen-bond acceptors (Lipinski definition) is 4. The number of amides is 3. The molecule has 1 atom stereocenters. The Labute approximate surface area is 136 Å². The Bertz CT molecular complexity index is 636. The molecule has 0 aromatic carbocycles. The van der Waals surface area contributed by atoms with Crippen molar-refractivity contribution in [3.63, 3.8) is 0 Å². The molecule has 7 nitrogen and oxygen atoms in total. The minimum atomic E-state index is -4.76. The SMILES string of the molecule is CNC(=O)C1CCCN1C(=O)Nc1ccc(OC)nc1C(F)(F)F. The molecule has 10 heteroatoms. The lowest BCUT2D eigenvalue weighted by atomic mass is 10.2. The normalized spacial score (nSPS) is 17.5. The van der Waals surface area contributed by atoms with E-state index in [4.69, 9.17) is 0 Å². The highest BCUT2D eigenvalue weighted by atomic mass is 19.4. The molecule has 2 heterocycles. The Hall–Kier alpha value is -2.52. The number of methoxy groups -OCH3 is 1. The van der Waals surface area contributed by atoms with Crippen LogP contribution in [0, 0.1) is 0 Å². The summed E-state index contributed by atoms with van der Waals surface area (Å²) in [6.45, 7) is 0.287. The van der Waals surface area contributed by atoms with Crippen LogP contribution in [0.25, 0.3) is 0 Å². The van der Waals surface area contributed by atoms with E-state index in [1.54, 1.807) is 0 Å². The molecule has 0 aliphatic carbocycles. The molecule has 1 unspecified atom stereocenters. The van der Waals surface area contributed by atoms with Crippen molar-refractivity contribution in [3.05, 3.63) is 17.8 Å². The molecule has 0 saturated carbocycles. The van der Waals surface area contributed by atoms with Gasteiger partial charge in [-0.2, -0.15) is 13.2 Å². The topological polar surface area (TPSA) is 83.6 Å². The van der Waals surface area contributed by atoms with Crippen LogP contribution in [0.1, 0.15) is 18.5 Å². The molecule has 24 heavy (non-hydrogen) atoms. The second-order valence-electron chi connectivity index (χ2n) is 5.14. The van der Waals surface area contributed by atoms with E-state index in [0.29, 0.717) is 12.8 Å². The van der Waals surface area contributed by atoms with Gasteiger partial charge in [-0.25, -0.2) is 9.78 Å². The number of carbonyl (C=O) groups is 2. The summed E-state index contributed by atoms with van der Waals surface area (Å²) in [6.07, 6.45) is -3.71. The quantitative estimate of drug-likeness (QED) is 0.875. The summed E-state index contributed by atoms with van der Waals surface area (Å²) in [6, 6.07) is 0.803. The minimum Gasteiger partial charge on any atom is -0.481 e. The van der Waals surface area contributed by atoms with Gasteiger partial charge in [0.05, 0.1) is 12.8 Å². The Morgan fingerprint density at radius 3 is 2.67 bits per heavy atom. The molecule has 1 aliphatic rings. The third-order valence-electron chi connectivity index (χ3n) is 3.65. The fourth-order valence-corrected chi connectivity index (χ4v) is 2.51. The fraction of sp³-hybridized carbons (Fsp3) is 0.500. The van der Waals surface area contributed by atoms with Crippen LogP contribution >= 0.6 is 0 Å². The number of anilines is 1. The zero-order chi connectivity index (χ0) is 17.9. The van der Waals surface area contributed by atoms with E-state index < -0.39 is 29.6 Å². The van der Waals surface area contributed by atoms with Crippen molar-refractivity contribution in [2.45, 2.75) is 25.1 Å². The van der Waals surface area contributed by atoms with Gasteiger partial charge in [0.1, 0.15) is 6.04 Å². The maximum Gasteiger partial charge on any atom is 0.435 e. The molecule has 3 amide bonds. The van der Waals surface area contributed by atoms with Crippen molar-refractivity contribution in [1.29, 1.82) is 0 Å². The predicted molar refractivity (Wildman–Crippen MR) is 78.6 cm³/mol. The third kappa shape index (κ3) is 3.69. The van der Waals surface area contributed by atoms with Crippen molar-refractivity contribution in [3.8, 4) is 5.88 Å². The molecule has 0 radical (unpaired) electrons. The van der Waals surface area contributed by atoms with Crippen molar-refractivity contribution >= 4 is 17.6 Å². The van der Waals surface area contributed by atoms with Crippen LogP contribution in [0.3, 0.4) is 0 Å². The number of aromatic nitrogens is 1. The van der Waals surface area contributed by atoms with Crippen LogP contribution in [-0.4, -0.2) is 48.6 Å². The van der Waals surface area contributed by atoms with Crippen LogP contribution in [-0.2, 0) is 11.0 Å². The summed E-state index contributed by atoms with van der Waals surface area (Å²) < 4.78 is 44.0. The summed E-state index contributed by atoms with van der Waals surface area (Å²) in [5.74, 6) is -0.573. The first-order chi connectivity index (χ1) is 11.3. The first kappa shape index (κ1) is 17.8. The molecule has 1 aromatic heterocycles. The fourth-order valence-electron chi connectivity index (χ4n) is 2.51. The van der Waals surface area contributed by atoms with Crippen molar-refractivity contribution in [1.82, 2.24) is 15.2 Å². The van der Waals surface area contributed by atoms with Gasteiger partial charge < -0.3 is 20.3 Å². The predicted octanol–water partition coefficient (Wildman–Crippen LogP) is 1.85. The van der Waals surface area contributed by atoms with Crippen LogP contribution < -0.4 is 15.4 Å². The first-order valence-corrected chi connectivity index (χ1v) is 7.19. The number of hydrogen-bond donors (Lipinski definition) is 2. The maximum absolute atomic E-state index is 13.1. The van der Waals surface area contributed by atoms with Gasteiger partial charge in [-0.05, 0) is 18.9 Å². The summed E-state index contributed by atoms with van der Waals surface area (Å²) >= 11 is 0. The number of nitrogens with zero attached hydrogens (tertiary/aromatic N) is 2. The van der Waals surface area contributed by atoms with E-state index in [9.17, 15) is 22.8 Å². The smallest absolute Gasteiger partial charge is 0.435 e. The summed E-state index contributed by atoms with van der Waals surface area (Å²) in [5, 5.41) is 4.63. The summed E-state index contributed by atoms with van der Waals surface area (Å²) in [5.41, 5.74) is -1.75. The van der Waals surface area contributed by atoms with E-state index in [-0.39, 0.29) is 18.3 Å². The molecule has 0 spiro atoms. The second-order valence-corrected chi connectivity index (χ2v) is 5.14. The van der Waals surface area contributed by atoms with Gasteiger partial charge in [-0.15, -0.1) is 0 Å². The van der Waals surface area contributed by atoms with E-state index in [1.807, 2.05) is 0 Å².